The van der Waals surface area contributed by atoms with Crippen molar-refractivity contribution < 1.29 is 14.6 Å². The maximum atomic E-state index is 11.0. The number of benzene rings is 2. The van der Waals surface area contributed by atoms with Crippen LogP contribution in [0.15, 0.2) is 42.5 Å². The molecule has 1 saturated heterocycles. The van der Waals surface area contributed by atoms with Gasteiger partial charge in [-0.1, -0.05) is 17.7 Å². The van der Waals surface area contributed by atoms with Gasteiger partial charge >= 0.3 is 5.97 Å². The highest BCUT2D eigenvalue weighted by Crippen LogP contribution is 2.31. The molecule has 0 aliphatic carbocycles. The van der Waals surface area contributed by atoms with E-state index in [0.29, 0.717) is 0 Å². The highest BCUT2D eigenvalue weighted by molar-refractivity contribution is 5.69. The summed E-state index contributed by atoms with van der Waals surface area (Å²) < 4.78 is 5.96. The van der Waals surface area contributed by atoms with Crippen LogP contribution in [0.1, 0.15) is 30.4 Å². The lowest BCUT2D eigenvalue weighted by Crippen LogP contribution is -2.31. The lowest BCUT2D eigenvalue weighted by molar-refractivity contribution is -0.137. The summed E-state index contributed by atoms with van der Waals surface area (Å²) in [7, 11) is 0. The molecule has 24 heavy (non-hydrogen) atoms. The molecule has 1 heterocycles. The number of ether oxygens (including phenoxy) is 1. The van der Waals surface area contributed by atoms with Crippen LogP contribution >= 0.6 is 0 Å². The van der Waals surface area contributed by atoms with E-state index in [1.54, 1.807) is 0 Å². The zero-order chi connectivity index (χ0) is 17.1. The van der Waals surface area contributed by atoms with Crippen LogP contribution in [0.2, 0.25) is 0 Å². The van der Waals surface area contributed by atoms with Gasteiger partial charge in [0.2, 0.25) is 0 Å². The summed E-state index contributed by atoms with van der Waals surface area (Å²) in [6, 6.07) is 14.1. The van der Waals surface area contributed by atoms with Crippen LogP contribution in [0, 0.1) is 13.8 Å². The molecule has 1 N–H and O–H groups in total. The number of nitrogens with zero attached hydrogens (tertiary/aromatic N) is 1. The Kier molecular flexibility index (Phi) is 4.74. The smallest absolute Gasteiger partial charge is 0.305 e. The number of hydrogen-bond acceptors (Lipinski definition) is 3. The fourth-order valence-corrected chi connectivity index (χ4v) is 3.34. The van der Waals surface area contributed by atoms with Crippen molar-refractivity contribution in [2.45, 2.75) is 39.2 Å². The molecule has 3 rings (SSSR count). The second kappa shape index (κ2) is 6.95. The molecule has 0 radical (unpaired) electrons. The minimum atomic E-state index is -0.735. The lowest BCUT2D eigenvalue weighted by atomic mass is 10.1. The molecule has 0 aromatic heterocycles. The van der Waals surface area contributed by atoms with Gasteiger partial charge in [-0.25, -0.2) is 0 Å². The van der Waals surface area contributed by atoms with Crippen molar-refractivity contribution in [1.29, 1.82) is 0 Å². The molecule has 0 bridgehead atoms. The Morgan fingerprint density at radius 3 is 2.62 bits per heavy atom. The number of hydrogen-bond donors (Lipinski definition) is 1. The van der Waals surface area contributed by atoms with E-state index in [4.69, 9.17) is 9.84 Å². The normalized spacial score (nSPS) is 17.1. The molecule has 2 aromatic carbocycles. The molecule has 0 amide bonds. The molecule has 0 saturated carbocycles. The summed E-state index contributed by atoms with van der Waals surface area (Å²) in [4.78, 5) is 13.2. The van der Waals surface area contributed by atoms with Gasteiger partial charge in [-0.2, -0.15) is 0 Å². The molecule has 4 heteroatoms. The number of carboxylic acids is 1. The number of carboxylic acid groups (broad SMARTS) is 1. The van der Waals surface area contributed by atoms with E-state index in [1.165, 1.54) is 5.56 Å². The number of anilines is 1. The van der Waals surface area contributed by atoms with Gasteiger partial charge < -0.3 is 14.7 Å². The molecular weight excluding hydrogens is 302 g/mol. The van der Waals surface area contributed by atoms with Crippen molar-refractivity contribution in [2.24, 2.45) is 0 Å². The van der Waals surface area contributed by atoms with E-state index in [2.05, 4.69) is 17.9 Å². The van der Waals surface area contributed by atoms with Gasteiger partial charge in [0.15, 0.2) is 0 Å². The van der Waals surface area contributed by atoms with Crippen molar-refractivity contribution in [3.63, 3.8) is 0 Å². The minimum absolute atomic E-state index is 0.0913. The minimum Gasteiger partial charge on any atom is -0.481 e. The third-order valence-corrected chi connectivity index (χ3v) is 4.51. The first-order valence-corrected chi connectivity index (χ1v) is 8.36. The van der Waals surface area contributed by atoms with Crippen LogP contribution in [-0.4, -0.2) is 23.7 Å². The Bertz CT molecular complexity index is 724. The number of carbonyl (C=O) groups is 1. The van der Waals surface area contributed by atoms with E-state index in [0.717, 1.165) is 42.1 Å². The second-order valence-electron chi connectivity index (χ2n) is 6.45. The predicted molar refractivity (Wildman–Crippen MR) is 95.1 cm³/mol. The Labute approximate surface area is 142 Å². The van der Waals surface area contributed by atoms with Crippen LogP contribution in [0.25, 0.3) is 0 Å². The summed E-state index contributed by atoms with van der Waals surface area (Å²) in [5, 5.41) is 9.05. The average molecular weight is 325 g/mol. The predicted octanol–water partition coefficient (Wildman–Crippen LogP) is 4.54. The van der Waals surface area contributed by atoms with E-state index in [-0.39, 0.29) is 12.5 Å². The van der Waals surface area contributed by atoms with Crippen molar-refractivity contribution in [2.75, 3.05) is 11.4 Å². The zero-order valence-electron chi connectivity index (χ0n) is 14.2. The third-order valence-electron chi connectivity index (χ3n) is 4.51. The third kappa shape index (κ3) is 3.70. The van der Waals surface area contributed by atoms with Crippen molar-refractivity contribution in [3.8, 4) is 11.5 Å². The molecule has 1 fully saturated rings. The molecule has 1 unspecified atom stereocenters. The molecular formula is C20H23NO3. The van der Waals surface area contributed by atoms with Crippen LogP contribution in [0.5, 0.6) is 11.5 Å². The summed E-state index contributed by atoms with van der Waals surface area (Å²) in [5.74, 6) is 0.916. The lowest BCUT2D eigenvalue weighted by Gasteiger charge is -2.25. The SMILES string of the molecule is Cc1ccc(Oc2ccc(N3CCCC3CC(=O)O)cc2)c(C)c1. The number of aryl methyl sites for hydroxylation is 2. The highest BCUT2D eigenvalue weighted by Gasteiger charge is 2.26. The maximum absolute atomic E-state index is 11.0. The van der Waals surface area contributed by atoms with Crippen molar-refractivity contribution in [1.82, 2.24) is 0 Å². The van der Waals surface area contributed by atoms with Gasteiger partial charge in [0.1, 0.15) is 11.5 Å². The average Bonchev–Trinajstić information content (AvgIpc) is 2.98. The quantitative estimate of drug-likeness (QED) is 0.877. The monoisotopic (exact) mass is 325 g/mol. The zero-order valence-corrected chi connectivity index (χ0v) is 14.2. The fraction of sp³-hybridized carbons (Fsp3) is 0.350. The summed E-state index contributed by atoms with van der Waals surface area (Å²) >= 11 is 0. The topological polar surface area (TPSA) is 49.8 Å². The van der Waals surface area contributed by atoms with Gasteiger partial charge in [-0.15, -0.1) is 0 Å². The van der Waals surface area contributed by atoms with Gasteiger partial charge in [0.05, 0.1) is 6.42 Å². The van der Waals surface area contributed by atoms with Crippen LogP contribution < -0.4 is 9.64 Å². The Hall–Kier alpha value is -2.49. The first kappa shape index (κ1) is 16.4. The van der Waals surface area contributed by atoms with E-state index in [9.17, 15) is 4.79 Å². The number of rotatable bonds is 5. The molecule has 4 nitrogen and oxygen atoms in total. The van der Waals surface area contributed by atoms with E-state index < -0.39 is 5.97 Å². The summed E-state index contributed by atoms with van der Waals surface area (Å²) in [6.45, 7) is 5.02. The molecule has 2 aromatic rings. The number of aliphatic carboxylic acids is 1. The molecule has 0 spiro atoms. The van der Waals surface area contributed by atoms with E-state index >= 15 is 0 Å². The van der Waals surface area contributed by atoms with Gasteiger partial charge in [0, 0.05) is 18.3 Å². The van der Waals surface area contributed by atoms with Crippen LogP contribution in [0.4, 0.5) is 5.69 Å². The highest BCUT2D eigenvalue weighted by atomic mass is 16.5. The van der Waals surface area contributed by atoms with Gasteiger partial charge in [0.25, 0.3) is 0 Å². The maximum Gasteiger partial charge on any atom is 0.305 e. The Balaban J connectivity index is 1.72. The van der Waals surface area contributed by atoms with E-state index in [1.807, 2.05) is 43.3 Å². The summed E-state index contributed by atoms with van der Waals surface area (Å²) in [6.07, 6.45) is 2.17. The van der Waals surface area contributed by atoms with Crippen molar-refractivity contribution >= 4 is 11.7 Å². The molecule has 1 aliphatic heterocycles. The molecule has 1 atom stereocenters. The van der Waals surface area contributed by atoms with Crippen molar-refractivity contribution in [3.05, 3.63) is 53.6 Å². The Morgan fingerprint density at radius 2 is 1.96 bits per heavy atom. The van der Waals surface area contributed by atoms with Gasteiger partial charge in [-0.3, -0.25) is 4.79 Å². The second-order valence-corrected chi connectivity index (χ2v) is 6.45. The molecule has 1 aliphatic rings. The first-order chi connectivity index (χ1) is 11.5. The standard InChI is InChI=1S/C20H23NO3/c1-14-5-10-19(15(2)12-14)24-18-8-6-16(7-9-18)21-11-3-4-17(21)13-20(22)23/h5-10,12,17H,3-4,11,13H2,1-2H3,(H,22,23). The van der Waals surface area contributed by atoms with Crippen LogP contribution in [-0.2, 0) is 4.79 Å². The van der Waals surface area contributed by atoms with Gasteiger partial charge in [-0.05, 0) is 62.6 Å². The molecule has 126 valence electrons. The largest absolute Gasteiger partial charge is 0.481 e. The summed E-state index contributed by atoms with van der Waals surface area (Å²) in [5.41, 5.74) is 3.39. The first-order valence-electron chi connectivity index (χ1n) is 8.36. The fourth-order valence-electron chi connectivity index (χ4n) is 3.34. The van der Waals surface area contributed by atoms with Crippen LogP contribution in [0.3, 0.4) is 0 Å². The Morgan fingerprint density at radius 1 is 1.21 bits per heavy atom.